The monoisotopic (exact) mass is 341 g/mol. The number of hydrogen-bond donors (Lipinski definition) is 3. The Bertz CT molecular complexity index is 844. The highest BCUT2D eigenvalue weighted by Crippen LogP contribution is 2.43. The van der Waals surface area contributed by atoms with Gasteiger partial charge in [0.25, 0.3) is 0 Å². The minimum absolute atomic E-state index is 0.0367. The minimum atomic E-state index is -0.485. The fraction of sp³-hybridized carbons (Fsp3) is 0.316. The van der Waals surface area contributed by atoms with Gasteiger partial charge in [-0.05, 0) is 42.3 Å². The summed E-state index contributed by atoms with van der Waals surface area (Å²) in [6.07, 6.45) is -0.362. The SMILES string of the molecule is CCOc1cc(C2CC(=O)c3c(O)cc(C4CN4)cc3O2)ccc1O. The van der Waals surface area contributed by atoms with Crippen LogP contribution in [0.25, 0.3) is 0 Å². The molecular formula is C19H19NO5. The summed E-state index contributed by atoms with van der Waals surface area (Å²) >= 11 is 0. The highest BCUT2D eigenvalue weighted by molar-refractivity contribution is 6.02. The molecule has 0 saturated carbocycles. The first-order valence-electron chi connectivity index (χ1n) is 8.32. The molecule has 2 atom stereocenters. The number of phenolic OH excluding ortho intramolecular Hbond substituents is 2. The Hall–Kier alpha value is -2.73. The molecule has 4 rings (SSSR count). The molecule has 25 heavy (non-hydrogen) atoms. The zero-order valence-corrected chi connectivity index (χ0v) is 13.8. The lowest BCUT2D eigenvalue weighted by molar-refractivity contribution is 0.0844. The lowest BCUT2D eigenvalue weighted by Crippen LogP contribution is -2.21. The number of nitrogens with one attached hydrogen (secondary N) is 1. The molecule has 0 radical (unpaired) electrons. The summed E-state index contributed by atoms with van der Waals surface area (Å²) in [6, 6.07) is 8.58. The summed E-state index contributed by atoms with van der Waals surface area (Å²) in [5, 5.41) is 23.2. The van der Waals surface area contributed by atoms with E-state index < -0.39 is 6.10 Å². The molecule has 1 saturated heterocycles. The van der Waals surface area contributed by atoms with Crippen LogP contribution >= 0.6 is 0 Å². The van der Waals surface area contributed by atoms with Gasteiger partial charge in [0.05, 0.1) is 13.0 Å². The first kappa shape index (κ1) is 15.8. The smallest absolute Gasteiger partial charge is 0.174 e. The van der Waals surface area contributed by atoms with E-state index in [1.807, 2.05) is 13.0 Å². The van der Waals surface area contributed by atoms with E-state index in [0.717, 1.165) is 17.7 Å². The Balaban J connectivity index is 1.69. The first-order chi connectivity index (χ1) is 12.1. The van der Waals surface area contributed by atoms with E-state index in [9.17, 15) is 15.0 Å². The third-order valence-corrected chi connectivity index (χ3v) is 4.49. The molecule has 0 aliphatic carbocycles. The van der Waals surface area contributed by atoms with E-state index >= 15 is 0 Å². The second kappa shape index (κ2) is 5.97. The number of hydrogen-bond acceptors (Lipinski definition) is 6. The van der Waals surface area contributed by atoms with E-state index in [4.69, 9.17) is 9.47 Å². The summed E-state index contributed by atoms with van der Waals surface area (Å²) in [7, 11) is 0. The van der Waals surface area contributed by atoms with Gasteiger partial charge in [-0.3, -0.25) is 4.79 Å². The third kappa shape index (κ3) is 2.89. The molecule has 2 aliphatic rings. The summed E-state index contributed by atoms with van der Waals surface area (Å²) in [5.41, 5.74) is 1.89. The molecular weight excluding hydrogens is 322 g/mol. The van der Waals surface area contributed by atoms with Crippen molar-refractivity contribution >= 4 is 5.78 Å². The van der Waals surface area contributed by atoms with E-state index in [1.54, 1.807) is 18.2 Å². The number of phenols is 2. The summed E-state index contributed by atoms with van der Waals surface area (Å²) < 4.78 is 11.4. The van der Waals surface area contributed by atoms with Crippen LogP contribution in [-0.2, 0) is 0 Å². The first-order valence-corrected chi connectivity index (χ1v) is 8.32. The van der Waals surface area contributed by atoms with E-state index in [-0.39, 0.29) is 35.3 Å². The number of ketones is 1. The second-order valence-corrected chi connectivity index (χ2v) is 6.27. The molecule has 2 aromatic carbocycles. The van der Waals surface area contributed by atoms with Crippen molar-refractivity contribution in [1.29, 1.82) is 0 Å². The Morgan fingerprint density at radius 1 is 1.20 bits per heavy atom. The van der Waals surface area contributed by atoms with E-state index in [0.29, 0.717) is 18.1 Å². The highest BCUT2D eigenvalue weighted by atomic mass is 16.5. The highest BCUT2D eigenvalue weighted by Gasteiger charge is 2.33. The van der Waals surface area contributed by atoms with Gasteiger partial charge in [-0.1, -0.05) is 6.07 Å². The molecule has 2 unspecified atom stereocenters. The maximum Gasteiger partial charge on any atom is 0.174 e. The molecule has 6 heteroatoms. The molecule has 2 heterocycles. The zero-order valence-electron chi connectivity index (χ0n) is 13.8. The number of carbonyl (C=O) groups excluding carboxylic acids is 1. The third-order valence-electron chi connectivity index (χ3n) is 4.49. The number of benzene rings is 2. The Morgan fingerprint density at radius 2 is 2.00 bits per heavy atom. The molecule has 2 aliphatic heterocycles. The molecule has 0 bridgehead atoms. The number of Topliss-reactive ketones (excluding diaryl/α,β-unsaturated/α-hetero) is 1. The minimum Gasteiger partial charge on any atom is -0.507 e. The lowest BCUT2D eigenvalue weighted by Gasteiger charge is -2.27. The largest absolute Gasteiger partial charge is 0.507 e. The van der Waals surface area contributed by atoms with Crippen LogP contribution in [0.4, 0.5) is 0 Å². The quantitative estimate of drug-likeness (QED) is 0.740. The zero-order chi connectivity index (χ0) is 17.6. The van der Waals surface area contributed by atoms with Gasteiger partial charge in [0.15, 0.2) is 17.3 Å². The normalized spacial score (nSPS) is 21.4. The van der Waals surface area contributed by atoms with Crippen molar-refractivity contribution in [3.8, 4) is 23.0 Å². The topological polar surface area (TPSA) is 97.9 Å². The number of ether oxygens (including phenoxy) is 2. The molecule has 130 valence electrons. The van der Waals surface area contributed by atoms with Gasteiger partial charge >= 0.3 is 0 Å². The number of aromatic hydroxyl groups is 2. The second-order valence-electron chi connectivity index (χ2n) is 6.27. The lowest BCUT2D eigenvalue weighted by atomic mass is 9.94. The fourth-order valence-corrected chi connectivity index (χ4v) is 3.14. The summed E-state index contributed by atoms with van der Waals surface area (Å²) in [5.74, 6) is 0.611. The van der Waals surface area contributed by atoms with Crippen molar-refractivity contribution in [3.05, 3.63) is 47.0 Å². The maximum absolute atomic E-state index is 12.5. The van der Waals surface area contributed by atoms with Crippen molar-refractivity contribution < 1.29 is 24.5 Å². The molecule has 0 aromatic heterocycles. The van der Waals surface area contributed by atoms with Crippen LogP contribution in [-0.4, -0.2) is 29.1 Å². The molecule has 3 N–H and O–H groups in total. The summed E-state index contributed by atoms with van der Waals surface area (Å²) in [4.78, 5) is 12.5. The van der Waals surface area contributed by atoms with Gasteiger partial charge in [-0.2, -0.15) is 0 Å². The fourth-order valence-electron chi connectivity index (χ4n) is 3.14. The van der Waals surface area contributed by atoms with Crippen molar-refractivity contribution in [1.82, 2.24) is 5.32 Å². The van der Waals surface area contributed by atoms with Gasteiger partial charge in [-0.15, -0.1) is 0 Å². The van der Waals surface area contributed by atoms with Crippen LogP contribution in [0.3, 0.4) is 0 Å². The molecule has 0 spiro atoms. The molecule has 0 amide bonds. The summed E-state index contributed by atoms with van der Waals surface area (Å²) in [6.45, 7) is 3.11. The Morgan fingerprint density at radius 3 is 2.72 bits per heavy atom. The van der Waals surface area contributed by atoms with E-state index in [2.05, 4.69) is 5.32 Å². The molecule has 6 nitrogen and oxygen atoms in total. The Kier molecular flexibility index (Phi) is 3.77. The van der Waals surface area contributed by atoms with Gasteiger partial charge in [0.1, 0.15) is 23.2 Å². The molecule has 2 aromatic rings. The predicted octanol–water partition coefficient (Wildman–Crippen LogP) is 2.85. The number of rotatable bonds is 4. The average Bonchev–Trinajstić information content (AvgIpc) is 3.41. The maximum atomic E-state index is 12.5. The van der Waals surface area contributed by atoms with Crippen molar-refractivity contribution in [2.75, 3.05) is 13.2 Å². The van der Waals surface area contributed by atoms with Gasteiger partial charge < -0.3 is 25.0 Å². The van der Waals surface area contributed by atoms with Gasteiger partial charge in [-0.25, -0.2) is 0 Å². The Labute approximate surface area is 145 Å². The van der Waals surface area contributed by atoms with Crippen LogP contribution in [0.15, 0.2) is 30.3 Å². The van der Waals surface area contributed by atoms with Crippen molar-refractivity contribution in [2.24, 2.45) is 0 Å². The standard InChI is InChI=1S/C19H19NO5/c1-2-24-17-6-10(3-4-13(17)21)16-8-15(23)19-14(22)5-11(12-9-20-12)7-18(19)25-16/h3-7,12,16,20-22H,2,8-9H2,1H3. The predicted molar refractivity (Wildman–Crippen MR) is 90.4 cm³/mol. The van der Waals surface area contributed by atoms with Crippen molar-refractivity contribution in [3.63, 3.8) is 0 Å². The van der Waals surface area contributed by atoms with Gasteiger partial charge in [0, 0.05) is 12.6 Å². The van der Waals surface area contributed by atoms with Crippen LogP contribution in [0.2, 0.25) is 0 Å². The van der Waals surface area contributed by atoms with Crippen molar-refractivity contribution in [2.45, 2.75) is 25.5 Å². The number of carbonyl (C=O) groups is 1. The molecule has 1 fully saturated rings. The van der Waals surface area contributed by atoms with Gasteiger partial charge in [0.2, 0.25) is 0 Å². The van der Waals surface area contributed by atoms with Crippen LogP contribution in [0.5, 0.6) is 23.0 Å². The van der Waals surface area contributed by atoms with Crippen LogP contribution in [0.1, 0.15) is 47.0 Å². The van der Waals surface area contributed by atoms with E-state index in [1.165, 1.54) is 6.07 Å². The number of fused-ring (bicyclic) bond motifs is 1. The van der Waals surface area contributed by atoms with Crippen LogP contribution in [0, 0.1) is 0 Å². The van der Waals surface area contributed by atoms with Crippen LogP contribution < -0.4 is 14.8 Å². The average molecular weight is 341 g/mol.